The minimum atomic E-state index is -0.395. The molecule has 1 unspecified atom stereocenters. The number of piperazine rings is 1. The number of hydrogen-bond donors (Lipinski definition) is 2. The van der Waals surface area contributed by atoms with Crippen molar-refractivity contribution in [2.45, 2.75) is 13.0 Å². The largest absolute Gasteiger partial charge is 0.337 e. The molecule has 0 saturated carbocycles. The number of nitro benzene ring substituents is 1. The van der Waals surface area contributed by atoms with E-state index in [9.17, 15) is 10.1 Å². The van der Waals surface area contributed by atoms with Crippen LogP contribution in [-0.2, 0) is 0 Å². The second-order valence-electron chi connectivity index (χ2n) is 4.77. The Morgan fingerprint density at radius 3 is 3.11 bits per heavy atom. The number of imidazole rings is 1. The molecular formula is C12H15N5O2. The fourth-order valence-electron chi connectivity index (χ4n) is 2.39. The summed E-state index contributed by atoms with van der Waals surface area (Å²) in [6.45, 7) is 4.84. The molecule has 1 aliphatic rings. The van der Waals surface area contributed by atoms with E-state index >= 15 is 0 Å². The molecule has 1 aromatic carbocycles. The number of non-ortho nitro benzene ring substituents is 1. The van der Waals surface area contributed by atoms with Crippen LogP contribution in [0.2, 0.25) is 0 Å². The second kappa shape index (κ2) is 4.51. The first-order valence-corrected chi connectivity index (χ1v) is 6.26. The van der Waals surface area contributed by atoms with Gasteiger partial charge in [-0.3, -0.25) is 10.1 Å². The minimum Gasteiger partial charge on any atom is -0.337 e. The molecule has 19 heavy (non-hydrogen) atoms. The maximum atomic E-state index is 10.8. The molecule has 0 bridgehead atoms. The Bertz CT molecular complexity index is 624. The Morgan fingerprint density at radius 2 is 2.37 bits per heavy atom. The van der Waals surface area contributed by atoms with E-state index in [-0.39, 0.29) is 5.69 Å². The van der Waals surface area contributed by atoms with E-state index < -0.39 is 4.92 Å². The summed E-state index contributed by atoms with van der Waals surface area (Å²) in [7, 11) is 0. The number of nitrogens with zero attached hydrogens (tertiary/aromatic N) is 3. The Balaban J connectivity index is 1.99. The number of nitrogens with one attached hydrogen (secondary N) is 2. The van der Waals surface area contributed by atoms with Crippen molar-refractivity contribution >= 4 is 22.7 Å². The Morgan fingerprint density at radius 1 is 1.53 bits per heavy atom. The van der Waals surface area contributed by atoms with E-state index in [1.54, 1.807) is 6.07 Å². The van der Waals surface area contributed by atoms with E-state index in [0.717, 1.165) is 31.1 Å². The van der Waals surface area contributed by atoms with Gasteiger partial charge in [0.05, 0.1) is 16.0 Å². The van der Waals surface area contributed by atoms with Crippen LogP contribution in [0.3, 0.4) is 0 Å². The summed E-state index contributed by atoms with van der Waals surface area (Å²) in [5.41, 5.74) is 1.54. The average Bonchev–Trinajstić information content (AvgIpc) is 2.81. The van der Waals surface area contributed by atoms with Gasteiger partial charge < -0.3 is 15.2 Å². The van der Waals surface area contributed by atoms with E-state index in [1.165, 1.54) is 12.1 Å². The molecule has 2 aromatic rings. The van der Waals surface area contributed by atoms with Crippen molar-refractivity contribution in [1.29, 1.82) is 0 Å². The second-order valence-corrected chi connectivity index (χ2v) is 4.77. The lowest BCUT2D eigenvalue weighted by atomic mass is 10.2. The van der Waals surface area contributed by atoms with Gasteiger partial charge in [0, 0.05) is 37.8 Å². The molecule has 7 heteroatoms. The predicted molar refractivity (Wildman–Crippen MR) is 72.4 cm³/mol. The van der Waals surface area contributed by atoms with Crippen LogP contribution in [0.25, 0.3) is 11.0 Å². The van der Waals surface area contributed by atoms with Crippen LogP contribution in [0.4, 0.5) is 11.6 Å². The van der Waals surface area contributed by atoms with Gasteiger partial charge in [0.2, 0.25) is 5.95 Å². The summed E-state index contributed by atoms with van der Waals surface area (Å²) in [6, 6.07) is 5.04. The molecule has 100 valence electrons. The lowest BCUT2D eigenvalue weighted by Crippen LogP contribution is -2.50. The lowest BCUT2D eigenvalue weighted by molar-refractivity contribution is -0.384. The lowest BCUT2D eigenvalue weighted by Gasteiger charge is -2.33. The molecule has 1 aliphatic heterocycles. The van der Waals surface area contributed by atoms with Crippen molar-refractivity contribution in [2.24, 2.45) is 0 Å². The van der Waals surface area contributed by atoms with Gasteiger partial charge in [-0.05, 0) is 13.0 Å². The van der Waals surface area contributed by atoms with Crippen LogP contribution in [-0.4, -0.2) is 40.6 Å². The zero-order valence-corrected chi connectivity index (χ0v) is 10.6. The molecule has 1 saturated heterocycles. The smallest absolute Gasteiger partial charge is 0.271 e. The number of fused-ring (bicyclic) bond motifs is 1. The van der Waals surface area contributed by atoms with Gasteiger partial charge in [0.1, 0.15) is 0 Å². The zero-order chi connectivity index (χ0) is 13.4. The molecular weight excluding hydrogens is 246 g/mol. The molecule has 0 spiro atoms. The minimum absolute atomic E-state index is 0.0797. The first-order chi connectivity index (χ1) is 9.15. The van der Waals surface area contributed by atoms with Crippen LogP contribution < -0.4 is 10.2 Å². The zero-order valence-electron chi connectivity index (χ0n) is 10.6. The highest BCUT2D eigenvalue weighted by atomic mass is 16.6. The van der Waals surface area contributed by atoms with Crippen molar-refractivity contribution in [3.8, 4) is 0 Å². The summed E-state index contributed by atoms with van der Waals surface area (Å²) in [6.07, 6.45) is 0. The molecule has 1 atom stereocenters. The summed E-state index contributed by atoms with van der Waals surface area (Å²) in [5.74, 6) is 0.782. The van der Waals surface area contributed by atoms with E-state index in [0.29, 0.717) is 11.6 Å². The summed E-state index contributed by atoms with van der Waals surface area (Å²) in [5, 5.41) is 14.1. The molecule has 1 aromatic heterocycles. The van der Waals surface area contributed by atoms with E-state index in [2.05, 4.69) is 27.1 Å². The maximum Gasteiger partial charge on any atom is 0.271 e. The Hall–Kier alpha value is -2.15. The van der Waals surface area contributed by atoms with Crippen LogP contribution >= 0.6 is 0 Å². The van der Waals surface area contributed by atoms with Gasteiger partial charge in [-0.25, -0.2) is 4.98 Å². The van der Waals surface area contributed by atoms with E-state index in [1.807, 2.05) is 0 Å². The number of rotatable bonds is 2. The molecule has 2 heterocycles. The third kappa shape index (κ3) is 2.12. The van der Waals surface area contributed by atoms with Crippen molar-refractivity contribution in [1.82, 2.24) is 15.3 Å². The molecule has 3 rings (SSSR count). The van der Waals surface area contributed by atoms with Crippen LogP contribution in [0, 0.1) is 10.1 Å². The van der Waals surface area contributed by atoms with Crippen molar-refractivity contribution < 1.29 is 4.92 Å². The fraction of sp³-hybridized carbons (Fsp3) is 0.417. The van der Waals surface area contributed by atoms with Gasteiger partial charge in [0.15, 0.2) is 0 Å². The highest BCUT2D eigenvalue weighted by molar-refractivity contribution is 5.80. The number of aromatic nitrogens is 2. The van der Waals surface area contributed by atoms with Crippen LogP contribution in [0.15, 0.2) is 18.2 Å². The van der Waals surface area contributed by atoms with Gasteiger partial charge in [-0.1, -0.05) is 0 Å². The van der Waals surface area contributed by atoms with Gasteiger partial charge in [-0.15, -0.1) is 0 Å². The summed E-state index contributed by atoms with van der Waals surface area (Å²) in [4.78, 5) is 20.2. The van der Waals surface area contributed by atoms with Crippen LogP contribution in [0.5, 0.6) is 0 Å². The van der Waals surface area contributed by atoms with Crippen molar-refractivity contribution in [3.05, 3.63) is 28.3 Å². The molecule has 0 amide bonds. The maximum absolute atomic E-state index is 10.8. The molecule has 0 aliphatic carbocycles. The molecule has 1 fully saturated rings. The summed E-state index contributed by atoms with van der Waals surface area (Å²) < 4.78 is 0. The normalized spacial score (nSPS) is 19.8. The number of aromatic amines is 1. The monoisotopic (exact) mass is 261 g/mol. The van der Waals surface area contributed by atoms with Crippen LogP contribution in [0.1, 0.15) is 6.92 Å². The highest BCUT2D eigenvalue weighted by Gasteiger charge is 2.21. The molecule has 7 nitrogen and oxygen atoms in total. The topological polar surface area (TPSA) is 87.1 Å². The quantitative estimate of drug-likeness (QED) is 0.628. The third-order valence-electron chi connectivity index (χ3n) is 3.44. The predicted octanol–water partition coefficient (Wildman–Crippen LogP) is 1.27. The number of nitro groups is 1. The number of hydrogen-bond acceptors (Lipinski definition) is 5. The highest BCUT2D eigenvalue weighted by Crippen LogP contribution is 2.23. The molecule has 2 N–H and O–H groups in total. The number of anilines is 1. The van der Waals surface area contributed by atoms with Gasteiger partial charge in [-0.2, -0.15) is 0 Å². The third-order valence-corrected chi connectivity index (χ3v) is 3.44. The number of H-pyrrole nitrogens is 1. The number of benzene rings is 1. The Kier molecular flexibility index (Phi) is 2.83. The fourth-order valence-corrected chi connectivity index (χ4v) is 2.39. The average molecular weight is 261 g/mol. The SMILES string of the molecule is CC1CNCCN1c1nc2ccc([N+](=O)[O-])cc2[nH]1. The van der Waals surface area contributed by atoms with Crippen molar-refractivity contribution in [2.75, 3.05) is 24.5 Å². The Labute approximate surface area is 109 Å². The van der Waals surface area contributed by atoms with E-state index in [4.69, 9.17) is 0 Å². The first kappa shape index (κ1) is 11.9. The standard InChI is InChI=1S/C12H15N5O2/c1-8-7-13-4-5-16(8)12-14-10-3-2-9(17(18)19)6-11(10)15-12/h2-3,6,8,13H,4-5,7H2,1H3,(H,14,15). The summed E-state index contributed by atoms with van der Waals surface area (Å²) >= 11 is 0. The molecule has 0 radical (unpaired) electrons. The first-order valence-electron chi connectivity index (χ1n) is 6.26. The van der Waals surface area contributed by atoms with Crippen molar-refractivity contribution in [3.63, 3.8) is 0 Å². The van der Waals surface area contributed by atoms with Gasteiger partial charge >= 0.3 is 0 Å². The van der Waals surface area contributed by atoms with Gasteiger partial charge in [0.25, 0.3) is 5.69 Å².